The van der Waals surface area contributed by atoms with Gasteiger partial charge in [0.2, 0.25) is 5.91 Å². The molecule has 1 aliphatic heterocycles. The van der Waals surface area contributed by atoms with E-state index < -0.39 is 0 Å². The van der Waals surface area contributed by atoms with Crippen molar-refractivity contribution in [2.45, 2.75) is 78.4 Å². The van der Waals surface area contributed by atoms with Crippen molar-refractivity contribution >= 4 is 5.91 Å². The first kappa shape index (κ1) is 15.5. The van der Waals surface area contributed by atoms with Crippen LogP contribution in [0.15, 0.2) is 0 Å². The Kier molecular flexibility index (Phi) is 6.69. The Morgan fingerprint density at radius 1 is 1.22 bits per heavy atom. The second-order valence-corrected chi connectivity index (χ2v) is 5.89. The van der Waals surface area contributed by atoms with E-state index in [2.05, 4.69) is 37.9 Å². The van der Waals surface area contributed by atoms with E-state index in [4.69, 9.17) is 0 Å². The number of rotatable bonds is 8. The van der Waals surface area contributed by atoms with Crippen LogP contribution in [0.3, 0.4) is 0 Å². The van der Waals surface area contributed by atoms with Crippen molar-refractivity contribution in [1.82, 2.24) is 10.2 Å². The van der Waals surface area contributed by atoms with Crippen molar-refractivity contribution < 1.29 is 4.79 Å². The summed E-state index contributed by atoms with van der Waals surface area (Å²) in [6.07, 6.45) is 6.94. The van der Waals surface area contributed by atoms with Crippen LogP contribution in [0, 0.1) is 5.92 Å². The second-order valence-electron chi connectivity index (χ2n) is 5.89. The summed E-state index contributed by atoms with van der Waals surface area (Å²) in [5, 5.41) is 3.53. The molecule has 18 heavy (non-hydrogen) atoms. The first-order valence-corrected chi connectivity index (χ1v) is 7.66. The molecule has 0 aliphatic carbocycles. The molecular formula is C15H30N2O. The Bertz CT molecular complexity index is 253. The van der Waals surface area contributed by atoms with E-state index in [0.717, 1.165) is 32.2 Å². The van der Waals surface area contributed by atoms with Crippen LogP contribution in [0.5, 0.6) is 0 Å². The van der Waals surface area contributed by atoms with Crippen LogP contribution in [-0.2, 0) is 4.79 Å². The highest BCUT2D eigenvalue weighted by Gasteiger charge is 2.37. The molecule has 3 nitrogen and oxygen atoms in total. The van der Waals surface area contributed by atoms with Crippen LogP contribution < -0.4 is 5.32 Å². The molecule has 0 radical (unpaired) electrons. The lowest BCUT2D eigenvalue weighted by atomic mass is 10.1. The summed E-state index contributed by atoms with van der Waals surface area (Å²) in [5.41, 5.74) is 0. The maximum atomic E-state index is 12.3. The molecule has 2 unspecified atom stereocenters. The first-order valence-electron chi connectivity index (χ1n) is 7.66. The van der Waals surface area contributed by atoms with Gasteiger partial charge in [-0.05, 0) is 25.2 Å². The third kappa shape index (κ3) is 4.27. The van der Waals surface area contributed by atoms with E-state index in [1.54, 1.807) is 0 Å². The molecule has 106 valence electrons. The molecule has 0 aromatic carbocycles. The number of hydrogen-bond acceptors (Lipinski definition) is 2. The lowest BCUT2D eigenvalue weighted by Crippen LogP contribution is -2.39. The lowest BCUT2D eigenvalue weighted by molar-refractivity contribution is -0.130. The van der Waals surface area contributed by atoms with Crippen molar-refractivity contribution in [3.63, 3.8) is 0 Å². The summed E-state index contributed by atoms with van der Waals surface area (Å²) in [4.78, 5) is 14.4. The van der Waals surface area contributed by atoms with E-state index in [0.29, 0.717) is 11.8 Å². The molecule has 1 aliphatic rings. The van der Waals surface area contributed by atoms with Crippen LogP contribution in [0.2, 0.25) is 0 Å². The predicted molar refractivity (Wildman–Crippen MR) is 76.3 cm³/mol. The minimum Gasteiger partial charge on any atom is -0.326 e. The van der Waals surface area contributed by atoms with Gasteiger partial charge in [-0.25, -0.2) is 0 Å². The molecule has 0 spiro atoms. The van der Waals surface area contributed by atoms with Gasteiger partial charge in [0.15, 0.2) is 0 Å². The van der Waals surface area contributed by atoms with Gasteiger partial charge in [0.05, 0.1) is 12.2 Å². The Labute approximate surface area is 112 Å². The Morgan fingerprint density at radius 3 is 2.50 bits per heavy atom. The maximum absolute atomic E-state index is 12.3. The van der Waals surface area contributed by atoms with Gasteiger partial charge >= 0.3 is 0 Å². The molecule has 2 atom stereocenters. The zero-order chi connectivity index (χ0) is 13.5. The van der Waals surface area contributed by atoms with Gasteiger partial charge in [-0.2, -0.15) is 0 Å². The van der Waals surface area contributed by atoms with Crippen LogP contribution in [-0.4, -0.2) is 29.6 Å². The standard InChI is InChI=1S/C15H30N2O/c1-5-7-8-10-17-14(11-12(3)4)16-13(9-6-2)15(17)18/h12-14,16H,5-11H2,1-4H3. The van der Waals surface area contributed by atoms with Crippen molar-refractivity contribution in [2.24, 2.45) is 5.92 Å². The van der Waals surface area contributed by atoms with Gasteiger partial charge in [-0.15, -0.1) is 0 Å². The summed E-state index contributed by atoms with van der Waals surface area (Å²) >= 11 is 0. The van der Waals surface area contributed by atoms with E-state index in [9.17, 15) is 4.79 Å². The fourth-order valence-electron chi connectivity index (χ4n) is 2.68. The number of hydrogen-bond donors (Lipinski definition) is 1. The van der Waals surface area contributed by atoms with E-state index in [1.807, 2.05) is 0 Å². The number of nitrogens with zero attached hydrogens (tertiary/aromatic N) is 1. The summed E-state index contributed by atoms with van der Waals surface area (Å²) in [6, 6.07) is 0.0698. The molecule has 1 saturated heterocycles. The molecular weight excluding hydrogens is 224 g/mol. The zero-order valence-corrected chi connectivity index (χ0v) is 12.5. The molecule has 1 fully saturated rings. The molecule has 1 rings (SSSR count). The first-order chi connectivity index (χ1) is 8.60. The van der Waals surface area contributed by atoms with Crippen LogP contribution in [0.25, 0.3) is 0 Å². The van der Waals surface area contributed by atoms with E-state index >= 15 is 0 Å². The molecule has 3 heteroatoms. The Morgan fingerprint density at radius 2 is 1.94 bits per heavy atom. The summed E-state index contributed by atoms with van der Waals surface area (Å²) in [5.74, 6) is 0.961. The van der Waals surface area contributed by atoms with Crippen molar-refractivity contribution in [3.05, 3.63) is 0 Å². The summed E-state index contributed by atoms with van der Waals surface area (Å²) < 4.78 is 0. The third-order valence-electron chi connectivity index (χ3n) is 3.63. The highest BCUT2D eigenvalue weighted by Crippen LogP contribution is 2.20. The summed E-state index contributed by atoms with van der Waals surface area (Å²) in [6.45, 7) is 9.73. The fraction of sp³-hybridized carbons (Fsp3) is 0.933. The second kappa shape index (κ2) is 7.78. The average Bonchev–Trinajstić information content (AvgIpc) is 2.57. The average molecular weight is 254 g/mol. The Balaban J connectivity index is 2.58. The van der Waals surface area contributed by atoms with Gasteiger partial charge in [0, 0.05) is 6.54 Å². The topological polar surface area (TPSA) is 32.3 Å². The predicted octanol–water partition coefficient (Wildman–Crippen LogP) is 3.15. The largest absolute Gasteiger partial charge is 0.326 e. The van der Waals surface area contributed by atoms with Gasteiger partial charge in [0.1, 0.15) is 0 Å². The fourth-order valence-corrected chi connectivity index (χ4v) is 2.68. The van der Waals surface area contributed by atoms with Gasteiger partial charge in [0.25, 0.3) is 0 Å². The van der Waals surface area contributed by atoms with Crippen molar-refractivity contribution in [1.29, 1.82) is 0 Å². The molecule has 1 heterocycles. The molecule has 0 bridgehead atoms. The van der Waals surface area contributed by atoms with Gasteiger partial charge in [-0.1, -0.05) is 47.0 Å². The number of nitrogens with one attached hydrogen (secondary N) is 1. The van der Waals surface area contributed by atoms with Crippen molar-refractivity contribution in [3.8, 4) is 0 Å². The number of carbonyl (C=O) groups excluding carboxylic acids is 1. The SMILES string of the molecule is CCCCCN1C(=O)C(CCC)NC1CC(C)C. The highest BCUT2D eigenvalue weighted by molar-refractivity contribution is 5.84. The number of amides is 1. The third-order valence-corrected chi connectivity index (χ3v) is 3.63. The van der Waals surface area contributed by atoms with Crippen LogP contribution in [0.4, 0.5) is 0 Å². The summed E-state index contributed by atoms with van der Waals surface area (Å²) in [7, 11) is 0. The zero-order valence-electron chi connectivity index (χ0n) is 12.5. The van der Waals surface area contributed by atoms with E-state index in [-0.39, 0.29) is 12.2 Å². The van der Waals surface area contributed by atoms with E-state index in [1.165, 1.54) is 12.8 Å². The molecule has 1 amide bonds. The smallest absolute Gasteiger partial charge is 0.241 e. The lowest BCUT2D eigenvalue weighted by Gasteiger charge is -2.25. The van der Waals surface area contributed by atoms with Gasteiger partial charge in [-0.3, -0.25) is 10.1 Å². The van der Waals surface area contributed by atoms with Crippen LogP contribution in [0.1, 0.15) is 66.2 Å². The maximum Gasteiger partial charge on any atom is 0.241 e. The Hall–Kier alpha value is -0.570. The minimum absolute atomic E-state index is 0.0698. The quantitative estimate of drug-likeness (QED) is 0.675. The molecule has 0 aromatic rings. The van der Waals surface area contributed by atoms with Crippen molar-refractivity contribution in [2.75, 3.05) is 6.54 Å². The molecule has 0 aromatic heterocycles. The monoisotopic (exact) mass is 254 g/mol. The number of carbonyl (C=O) groups is 1. The van der Waals surface area contributed by atoms with Crippen LogP contribution >= 0.6 is 0 Å². The molecule has 1 N–H and O–H groups in total. The number of unbranched alkanes of at least 4 members (excludes halogenated alkanes) is 2. The van der Waals surface area contributed by atoms with Gasteiger partial charge < -0.3 is 4.90 Å². The highest BCUT2D eigenvalue weighted by atomic mass is 16.2. The molecule has 0 saturated carbocycles. The normalized spacial score (nSPS) is 24.3. The minimum atomic E-state index is 0.0698.